The Labute approximate surface area is 84.8 Å². The molecule has 0 saturated carbocycles. The second kappa shape index (κ2) is 3.67. The van der Waals surface area contributed by atoms with E-state index in [9.17, 15) is 5.11 Å². The molecule has 0 aliphatic rings. The molecule has 2 aromatic rings. The third-order valence-electron chi connectivity index (χ3n) is 1.65. The van der Waals surface area contributed by atoms with Gasteiger partial charge in [0, 0.05) is 7.05 Å². The van der Waals surface area contributed by atoms with Crippen LogP contribution in [0.3, 0.4) is 0 Å². The van der Waals surface area contributed by atoms with Crippen LogP contribution in [0.1, 0.15) is 0 Å². The average molecular weight is 208 g/mol. The molecule has 5 nitrogen and oxygen atoms in total. The number of hydrogen-bond donors (Lipinski definition) is 1. The highest BCUT2D eigenvalue weighted by atomic mass is 32.2. The molecule has 1 N–H and O–H groups in total. The fourth-order valence-corrected chi connectivity index (χ4v) is 1.71. The van der Waals surface area contributed by atoms with Gasteiger partial charge < -0.3 is 5.11 Å². The highest BCUT2D eigenvalue weighted by Crippen LogP contribution is 2.31. The molecule has 72 valence electrons. The van der Waals surface area contributed by atoms with Crippen molar-refractivity contribution in [2.75, 3.05) is 0 Å². The molecule has 0 aliphatic heterocycles. The first-order valence-corrected chi connectivity index (χ1v) is 4.77. The van der Waals surface area contributed by atoms with Gasteiger partial charge in [0.05, 0.1) is 4.90 Å². The largest absolute Gasteiger partial charge is 0.507 e. The zero-order chi connectivity index (χ0) is 9.97. The van der Waals surface area contributed by atoms with Gasteiger partial charge in [-0.25, -0.2) is 4.68 Å². The van der Waals surface area contributed by atoms with Gasteiger partial charge in [-0.2, -0.15) is 0 Å². The first kappa shape index (κ1) is 9.01. The lowest BCUT2D eigenvalue weighted by molar-refractivity contribution is 0.462. The number of phenols is 1. The van der Waals surface area contributed by atoms with Gasteiger partial charge in [0.2, 0.25) is 5.16 Å². The predicted molar refractivity (Wildman–Crippen MR) is 51.0 cm³/mol. The topological polar surface area (TPSA) is 63.8 Å². The molecule has 0 bridgehead atoms. The zero-order valence-corrected chi connectivity index (χ0v) is 8.27. The SMILES string of the molecule is Cn1nnnc1Sc1ccccc1O. The van der Waals surface area contributed by atoms with Crippen molar-refractivity contribution < 1.29 is 5.11 Å². The molecule has 2 rings (SSSR count). The Balaban J connectivity index is 2.28. The predicted octanol–water partition coefficient (Wildman–Crippen LogP) is 1.07. The highest BCUT2D eigenvalue weighted by molar-refractivity contribution is 7.99. The summed E-state index contributed by atoms with van der Waals surface area (Å²) in [6, 6.07) is 7.07. The van der Waals surface area contributed by atoms with Gasteiger partial charge in [0.25, 0.3) is 0 Å². The molecule has 1 heterocycles. The van der Waals surface area contributed by atoms with Crippen LogP contribution < -0.4 is 0 Å². The summed E-state index contributed by atoms with van der Waals surface area (Å²) in [7, 11) is 1.75. The summed E-state index contributed by atoms with van der Waals surface area (Å²) in [5.41, 5.74) is 0. The van der Waals surface area contributed by atoms with E-state index >= 15 is 0 Å². The third-order valence-corrected chi connectivity index (χ3v) is 2.74. The Hall–Kier alpha value is -1.56. The van der Waals surface area contributed by atoms with Crippen LogP contribution in [0, 0.1) is 0 Å². The average Bonchev–Trinajstić information content (AvgIpc) is 2.56. The molecule has 0 atom stereocenters. The smallest absolute Gasteiger partial charge is 0.213 e. The second-order valence-electron chi connectivity index (χ2n) is 2.65. The Morgan fingerprint density at radius 1 is 1.36 bits per heavy atom. The molecule has 0 amide bonds. The van der Waals surface area contributed by atoms with E-state index in [1.165, 1.54) is 11.8 Å². The molecule has 1 aromatic carbocycles. The number of hydrogen-bond acceptors (Lipinski definition) is 5. The molecule has 6 heteroatoms. The van der Waals surface area contributed by atoms with Crippen LogP contribution in [-0.4, -0.2) is 25.3 Å². The van der Waals surface area contributed by atoms with E-state index in [2.05, 4.69) is 15.5 Å². The van der Waals surface area contributed by atoms with Gasteiger partial charge in [0.15, 0.2) is 0 Å². The molecule has 0 saturated heterocycles. The van der Waals surface area contributed by atoms with Crippen molar-refractivity contribution in [1.82, 2.24) is 20.2 Å². The summed E-state index contributed by atoms with van der Waals surface area (Å²) in [6.45, 7) is 0. The van der Waals surface area contributed by atoms with Crippen molar-refractivity contribution in [2.24, 2.45) is 7.05 Å². The molecule has 0 fully saturated rings. The van der Waals surface area contributed by atoms with E-state index in [1.807, 2.05) is 12.1 Å². The van der Waals surface area contributed by atoms with Crippen molar-refractivity contribution in [3.63, 3.8) is 0 Å². The summed E-state index contributed by atoms with van der Waals surface area (Å²) in [5, 5.41) is 21.2. The quantitative estimate of drug-likeness (QED) is 0.799. The fraction of sp³-hybridized carbons (Fsp3) is 0.125. The standard InChI is InChI=1S/C8H8N4OS/c1-12-8(9-10-11-12)14-7-5-3-2-4-6(7)13/h2-5,13H,1H3. The maximum absolute atomic E-state index is 9.50. The Bertz CT molecular complexity index is 442. The summed E-state index contributed by atoms with van der Waals surface area (Å²) >= 11 is 1.32. The van der Waals surface area contributed by atoms with Gasteiger partial charge in [0.1, 0.15) is 5.75 Å². The minimum absolute atomic E-state index is 0.237. The lowest BCUT2D eigenvalue weighted by atomic mass is 10.3. The van der Waals surface area contributed by atoms with Gasteiger partial charge in [-0.15, -0.1) is 5.10 Å². The molecule has 0 aliphatic carbocycles. The zero-order valence-electron chi connectivity index (χ0n) is 7.45. The van der Waals surface area contributed by atoms with E-state index in [0.717, 1.165) is 4.90 Å². The number of aryl methyl sites for hydroxylation is 1. The van der Waals surface area contributed by atoms with Gasteiger partial charge in [-0.05, 0) is 34.3 Å². The van der Waals surface area contributed by atoms with Gasteiger partial charge in [-0.1, -0.05) is 12.1 Å². The number of benzene rings is 1. The number of aromatic nitrogens is 4. The van der Waals surface area contributed by atoms with Crippen LogP contribution in [0.15, 0.2) is 34.3 Å². The summed E-state index contributed by atoms with van der Waals surface area (Å²) in [6.07, 6.45) is 0. The first-order valence-electron chi connectivity index (χ1n) is 3.95. The van der Waals surface area contributed by atoms with Crippen LogP contribution in [-0.2, 0) is 7.05 Å². The van der Waals surface area contributed by atoms with E-state index in [1.54, 1.807) is 23.9 Å². The van der Waals surface area contributed by atoms with Crippen molar-refractivity contribution in [3.05, 3.63) is 24.3 Å². The maximum atomic E-state index is 9.50. The summed E-state index contributed by atoms with van der Waals surface area (Å²) in [5.74, 6) is 0.237. The van der Waals surface area contributed by atoms with E-state index < -0.39 is 0 Å². The molecule has 1 aromatic heterocycles. The van der Waals surface area contributed by atoms with Gasteiger partial charge in [-0.3, -0.25) is 0 Å². The minimum atomic E-state index is 0.237. The molecule has 0 spiro atoms. The Kier molecular flexibility index (Phi) is 2.36. The molecule has 0 radical (unpaired) electrons. The van der Waals surface area contributed by atoms with Crippen LogP contribution in [0.5, 0.6) is 5.75 Å². The molecule has 0 unspecified atom stereocenters. The lowest BCUT2D eigenvalue weighted by Crippen LogP contribution is -1.92. The van der Waals surface area contributed by atoms with Crippen LogP contribution >= 0.6 is 11.8 Å². The number of aromatic hydroxyl groups is 1. The number of phenolic OH excluding ortho intramolecular Hbond substituents is 1. The monoisotopic (exact) mass is 208 g/mol. The van der Waals surface area contributed by atoms with Crippen molar-refractivity contribution >= 4 is 11.8 Å². The van der Waals surface area contributed by atoms with Crippen molar-refractivity contribution in [3.8, 4) is 5.75 Å². The lowest BCUT2D eigenvalue weighted by Gasteiger charge is -2.00. The van der Waals surface area contributed by atoms with Crippen molar-refractivity contribution in [2.45, 2.75) is 10.1 Å². The summed E-state index contributed by atoms with van der Waals surface area (Å²) < 4.78 is 1.55. The fourth-order valence-electron chi connectivity index (χ4n) is 0.950. The maximum Gasteiger partial charge on any atom is 0.213 e. The number of rotatable bonds is 2. The van der Waals surface area contributed by atoms with Gasteiger partial charge >= 0.3 is 0 Å². The number of para-hydroxylation sites is 1. The Morgan fingerprint density at radius 3 is 2.79 bits per heavy atom. The van der Waals surface area contributed by atoms with E-state index in [4.69, 9.17) is 0 Å². The normalized spacial score (nSPS) is 10.4. The third kappa shape index (κ3) is 1.69. The first-order chi connectivity index (χ1) is 6.77. The Morgan fingerprint density at radius 2 is 2.14 bits per heavy atom. The highest BCUT2D eigenvalue weighted by Gasteiger charge is 2.07. The molecular formula is C8H8N4OS. The molecular weight excluding hydrogens is 200 g/mol. The number of tetrazole rings is 1. The summed E-state index contributed by atoms with van der Waals surface area (Å²) in [4.78, 5) is 0.741. The number of nitrogens with zero attached hydrogens (tertiary/aromatic N) is 4. The second-order valence-corrected chi connectivity index (χ2v) is 3.66. The minimum Gasteiger partial charge on any atom is -0.507 e. The van der Waals surface area contributed by atoms with Crippen LogP contribution in [0.25, 0.3) is 0 Å². The van der Waals surface area contributed by atoms with Crippen LogP contribution in [0.2, 0.25) is 0 Å². The molecule has 14 heavy (non-hydrogen) atoms. The van der Waals surface area contributed by atoms with Crippen molar-refractivity contribution in [1.29, 1.82) is 0 Å². The van der Waals surface area contributed by atoms with Crippen LogP contribution in [0.4, 0.5) is 0 Å². The van der Waals surface area contributed by atoms with E-state index in [-0.39, 0.29) is 5.75 Å². The van der Waals surface area contributed by atoms with E-state index in [0.29, 0.717) is 5.16 Å².